The largest absolute Gasteiger partial charge is 0.466 e. The summed E-state index contributed by atoms with van der Waals surface area (Å²) in [7, 11) is 0. The zero-order valence-corrected chi connectivity index (χ0v) is 4.90. The molecule has 0 N–H and O–H groups in total. The lowest BCUT2D eigenvalue weighted by molar-refractivity contribution is -0.128. The Hall–Kier alpha value is -0.310. The van der Waals surface area contributed by atoms with Crippen molar-refractivity contribution in [2.75, 3.05) is 13.3 Å². The molecule has 0 spiro atoms. The first-order valence-electron chi connectivity index (χ1n) is 2.06. The van der Waals surface area contributed by atoms with Crippen molar-refractivity contribution < 1.29 is 13.9 Å². The van der Waals surface area contributed by atoms with Gasteiger partial charge in [-0.3, -0.25) is 4.79 Å². The Kier molecular flexibility index (Phi) is 4.65. The summed E-state index contributed by atoms with van der Waals surface area (Å²) in [5.41, 5.74) is 0. The molecule has 0 rings (SSSR count). The summed E-state index contributed by atoms with van der Waals surface area (Å²) in [4.78, 5) is 9.42. The number of carbonyl (C=O) groups excluding carboxylic acids is 1. The molecule has 0 aromatic carbocycles. The summed E-state index contributed by atoms with van der Waals surface area (Å²) < 4.78 is 15.5. The second-order valence-corrected chi connectivity index (χ2v) is 1.80. The Morgan fingerprint density at radius 2 is 2.50 bits per heavy atom. The van der Waals surface area contributed by atoms with Crippen LogP contribution >= 0.6 is 11.6 Å². The molecule has 0 heterocycles. The van der Waals surface area contributed by atoms with Gasteiger partial charge in [0.1, 0.15) is 13.3 Å². The van der Waals surface area contributed by atoms with Crippen molar-refractivity contribution in [3.05, 3.63) is 0 Å². The SMILES string of the molecule is O=COCC(Cl)CF. The molecule has 0 fully saturated rings. The molecule has 0 aromatic heterocycles. The maximum atomic E-state index is 11.4. The first kappa shape index (κ1) is 7.69. The van der Waals surface area contributed by atoms with Crippen LogP contribution in [-0.4, -0.2) is 25.1 Å². The van der Waals surface area contributed by atoms with Gasteiger partial charge in [0.25, 0.3) is 6.47 Å². The maximum Gasteiger partial charge on any atom is 0.293 e. The van der Waals surface area contributed by atoms with Gasteiger partial charge in [-0.1, -0.05) is 0 Å². The van der Waals surface area contributed by atoms with Gasteiger partial charge in [-0.25, -0.2) is 4.39 Å². The minimum atomic E-state index is -0.694. The smallest absolute Gasteiger partial charge is 0.293 e. The standard InChI is InChI=1S/C4H6ClFO2/c5-4(1-6)2-8-3-7/h3-4H,1-2H2. The number of rotatable bonds is 4. The van der Waals surface area contributed by atoms with E-state index in [-0.39, 0.29) is 13.1 Å². The molecule has 0 radical (unpaired) electrons. The van der Waals surface area contributed by atoms with Crippen LogP contribution in [0.5, 0.6) is 0 Å². The van der Waals surface area contributed by atoms with E-state index in [1.54, 1.807) is 0 Å². The highest BCUT2D eigenvalue weighted by atomic mass is 35.5. The van der Waals surface area contributed by atoms with Crippen LogP contribution in [-0.2, 0) is 9.53 Å². The van der Waals surface area contributed by atoms with E-state index in [2.05, 4.69) is 4.74 Å². The predicted molar refractivity (Wildman–Crippen MR) is 27.6 cm³/mol. The van der Waals surface area contributed by atoms with Gasteiger partial charge in [-0.05, 0) is 0 Å². The molecular weight excluding hydrogens is 134 g/mol. The van der Waals surface area contributed by atoms with E-state index in [1.807, 2.05) is 0 Å². The Bertz CT molecular complexity index is 69.1. The Balaban J connectivity index is 2.97. The number of hydrogen-bond acceptors (Lipinski definition) is 2. The van der Waals surface area contributed by atoms with Gasteiger partial charge in [0.05, 0.1) is 5.38 Å². The molecule has 8 heavy (non-hydrogen) atoms. The van der Waals surface area contributed by atoms with Crippen molar-refractivity contribution in [2.24, 2.45) is 0 Å². The number of hydrogen-bond donors (Lipinski definition) is 0. The van der Waals surface area contributed by atoms with Gasteiger partial charge in [0.2, 0.25) is 0 Å². The maximum absolute atomic E-state index is 11.4. The highest BCUT2D eigenvalue weighted by Gasteiger charge is 2.01. The highest BCUT2D eigenvalue weighted by Crippen LogP contribution is 1.94. The van der Waals surface area contributed by atoms with E-state index < -0.39 is 12.1 Å². The lowest BCUT2D eigenvalue weighted by atomic mass is 10.5. The molecule has 0 bridgehead atoms. The van der Waals surface area contributed by atoms with Crippen LogP contribution in [0.2, 0.25) is 0 Å². The average Bonchev–Trinajstić information content (AvgIpc) is 1.83. The number of carbonyl (C=O) groups is 1. The number of ether oxygens (including phenoxy) is 1. The molecule has 4 heteroatoms. The number of halogens is 2. The zero-order chi connectivity index (χ0) is 6.41. The Labute approximate surface area is 51.6 Å². The van der Waals surface area contributed by atoms with Crippen LogP contribution in [0.25, 0.3) is 0 Å². The van der Waals surface area contributed by atoms with Crippen molar-refractivity contribution in [1.82, 2.24) is 0 Å². The first-order chi connectivity index (χ1) is 3.81. The normalized spacial score (nSPS) is 12.8. The lowest BCUT2D eigenvalue weighted by Crippen LogP contribution is -2.09. The fraction of sp³-hybridized carbons (Fsp3) is 0.750. The summed E-state index contributed by atoms with van der Waals surface area (Å²) in [5, 5.41) is -0.694. The van der Waals surface area contributed by atoms with Gasteiger partial charge in [0, 0.05) is 0 Å². The molecule has 0 aliphatic rings. The van der Waals surface area contributed by atoms with Gasteiger partial charge in [0.15, 0.2) is 0 Å². The van der Waals surface area contributed by atoms with E-state index in [4.69, 9.17) is 11.6 Å². The van der Waals surface area contributed by atoms with Crippen LogP contribution in [0.1, 0.15) is 0 Å². The number of alkyl halides is 2. The highest BCUT2D eigenvalue weighted by molar-refractivity contribution is 6.20. The van der Waals surface area contributed by atoms with Crippen LogP contribution in [0.4, 0.5) is 4.39 Å². The Morgan fingerprint density at radius 1 is 1.88 bits per heavy atom. The van der Waals surface area contributed by atoms with Crippen molar-refractivity contribution in [1.29, 1.82) is 0 Å². The summed E-state index contributed by atoms with van der Waals surface area (Å²) >= 11 is 5.19. The van der Waals surface area contributed by atoms with E-state index >= 15 is 0 Å². The molecule has 2 nitrogen and oxygen atoms in total. The quantitative estimate of drug-likeness (QED) is 0.425. The van der Waals surface area contributed by atoms with E-state index in [0.29, 0.717) is 0 Å². The van der Waals surface area contributed by atoms with E-state index in [0.717, 1.165) is 0 Å². The molecule has 48 valence electrons. The molecule has 0 amide bonds. The second kappa shape index (κ2) is 4.84. The molecule has 0 aliphatic carbocycles. The minimum absolute atomic E-state index is 0.0540. The molecule has 0 aromatic rings. The fourth-order valence-electron chi connectivity index (χ4n) is 0.188. The monoisotopic (exact) mass is 140 g/mol. The van der Waals surface area contributed by atoms with Crippen LogP contribution in [0.15, 0.2) is 0 Å². The Morgan fingerprint density at radius 3 is 2.88 bits per heavy atom. The molecule has 0 saturated heterocycles. The van der Waals surface area contributed by atoms with Crippen molar-refractivity contribution >= 4 is 18.1 Å². The van der Waals surface area contributed by atoms with Crippen LogP contribution in [0.3, 0.4) is 0 Å². The predicted octanol–water partition coefficient (Wildman–Crippen LogP) is 0.736. The molecule has 0 saturated carbocycles. The van der Waals surface area contributed by atoms with Gasteiger partial charge in [-0.15, -0.1) is 11.6 Å². The van der Waals surface area contributed by atoms with Crippen molar-refractivity contribution in [3.8, 4) is 0 Å². The lowest BCUT2D eigenvalue weighted by Gasteiger charge is -1.99. The molecular formula is C4H6ClFO2. The summed E-state index contributed by atoms with van der Waals surface area (Å²) in [6.45, 7) is -0.484. The van der Waals surface area contributed by atoms with Crippen molar-refractivity contribution in [2.45, 2.75) is 5.38 Å². The first-order valence-corrected chi connectivity index (χ1v) is 2.50. The molecule has 1 unspecified atom stereocenters. The minimum Gasteiger partial charge on any atom is -0.466 e. The third-order valence-electron chi connectivity index (χ3n) is 0.513. The van der Waals surface area contributed by atoms with Gasteiger partial charge >= 0.3 is 0 Å². The fourth-order valence-corrected chi connectivity index (χ4v) is 0.261. The summed E-state index contributed by atoms with van der Waals surface area (Å²) in [6, 6.07) is 0. The average molecular weight is 141 g/mol. The second-order valence-electron chi connectivity index (χ2n) is 1.18. The van der Waals surface area contributed by atoms with Crippen LogP contribution < -0.4 is 0 Å². The van der Waals surface area contributed by atoms with Gasteiger partial charge in [-0.2, -0.15) is 0 Å². The molecule has 0 aliphatic heterocycles. The van der Waals surface area contributed by atoms with Gasteiger partial charge < -0.3 is 4.74 Å². The summed E-state index contributed by atoms with van der Waals surface area (Å²) in [5.74, 6) is 0. The third kappa shape index (κ3) is 3.87. The topological polar surface area (TPSA) is 26.3 Å². The van der Waals surface area contributed by atoms with E-state index in [9.17, 15) is 9.18 Å². The van der Waals surface area contributed by atoms with E-state index in [1.165, 1.54) is 0 Å². The summed E-state index contributed by atoms with van der Waals surface area (Å²) in [6.07, 6.45) is 0. The van der Waals surface area contributed by atoms with Crippen molar-refractivity contribution in [3.63, 3.8) is 0 Å². The zero-order valence-electron chi connectivity index (χ0n) is 4.14. The van der Waals surface area contributed by atoms with Crippen LogP contribution in [0, 0.1) is 0 Å². The third-order valence-corrected chi connectivity index (χ3v) is 0.755. The molecule has 1 atom stereocenters.